The van der Waals surface area contributed by atoms with E-state index in [4.69, 9.17) is 16.3 Å². The van der Waals surface area contributed by atoms with Crippen molar-refractivity contribution in [3.63, 3.8) is 0 Å². The second kappa shape index (κ2) is 7.13. The quantitative estimate of drug-likeness (QED) is 0.518. The molecule has 0 aliphatic carbocycles. The summed E-state index contributed by atoms with van der Waals surface area (Å²) in [6.45, 7) is 0. The maximum atomic E-state index is 12.7. The molecule has 0 fully saturated rings. The number of halogens is 1. The van der Waals surface area contributed by atoms with Crippen LogP contribution in [0, 0.1) is 0 Å². The Morgan fingerprint density at radius 3 is 2.41 bits per heavy atom. The molecule has 0 unspecified atom stereocenters. The lowest BCUT2D eigenvalue weighted by Gasteiger charge is -2.13. The lowest BCUT2D eigenvalue weighted by molar-refractivity contribution is 0.482. The highest BCUT2D eigenvalue weighted by molar-refractivity contribution is 6.30. The van der Waals surface area contributed by atoms with Crippen LogP contribution in [0.4, 0.5) is 0 Å². The van der Waals surface area contributed by atoms with Crippen LogP contribution in [0.3, 0.4) is 0 Å². The van der Waals surface area contributed by atoms with Crippen LogP contribution in [-0.4, -0.2) is 14.3 Å². The molecule has 6 heteroatoms. The van der Waals surface area contributed by atoms with Crippen LogP contribution in [0.1, 0.15) is 0 Å². The molecule has 0 spiro atoms. The number of para-hydroxylation sites is 1. The molecule has 0 radical (unpaired) electrons. The lowest BCUT2D eigenvalue weighted by atomic mass is 10.1. The molecule has 134 valence electrons. The van der Waals surface area contributed by atoms with Crippen LogP contribution in [0.15, 0.2) is 84.0 Å². The Hall–Kier alpha value is -3.31. The van der Waals surface area contributed by atoms with Crippen molar-refractivity contribution in [2.45, 2.75) is 0 Å². The van der Waals surface area contributed by atoms with Crippen molar-refractivity contribution in [3.8, 4) is 28.3 Å². The van der Waals surface area contributed by atoms with Crippen LogP contribution in [0.25, 0.3) is 16.8 Å². The number of benzene rings is 2. The number of hydrogen-bond acceptors (Lipinski definition) is 3. The molecule has 4 rings (SSSR count). The molecule has 0 bridgehead atoms. The zero-order chi connectivity index (χ0) is 18.8. The Morgan fingerprint density at radius 1 is 1.00 bits per heavy atom. The lowest BCUT2D eigenvalue weighted by Crippen LogP contribution is -2.17. The van der Waals surface area contributed by atoms with E-state index in [1.807, 2.05) is 43.6 Å². The monoisotopic (exact) mass is 377 g/mol. The zero-order valence-electron chi connectivity index (χ0n) is 14.5. The first-order valence-corrected chi connectivity index (χ1v) is 8.72. The fourth-order valence-corrected chi connectivity index (χ4v) is 2.92. The predicted molar refractivity (Wildman–Crippen MR) is 106 cm³/mol. The summed E-state index contributed by atoms with van der Waals surface area (Å²) in [5, 5.41) is 4.85. The Labute approximate surface area is 161 Å². The summed E-state index contributed by atoms with van der Waals surface area (Å²) >= 11 is 5.97. The fraction of sp³-hybridized carbons (Fsp3) is 0.0476. The number of aromatic nitrogens is 3. The average Bonchev–Trinajstić information content (AvgIpc) is 3.10. The fourth-order valence-electron chi connectivity index (χ4n) is 2.80. The van der Waals surface area contributed by atoms with Crippen LogP contribution < -0.4 is 10.3 Å². The van der Waals surface area contributed by atoms with E-state index in [-0.39, 0.29) is 5.56 Å². The summed E-state index contributed by atoms with van der Waals surface area (Å²) in [4.78, 5) is 12.7. The summed E-state index contributed by atoms with van der Waals surface area (Å²) in [6.07, 6.45) is 5.38. The average molecular weight is 378 g/mol. The number of rotatable bonds is 4. The second-order valence-electron chi connectivity index (χ2n) is 6.05. The van der Waals surface area contributed by atoms with Gasteiger partial charge in [-0.15, -0.1) is 0 Å². The molecule has 0 N–H and O–H groups in total. The summed E-state index contributed by atoms with van der Waals surface area (Å²) in [5.41, 5.74) is 2.14. The molecule has 2 aromatic carbocycles. The summed E-state index contributed by atoms with van der Waals surface area (Å²) in [7, 11) is 1.84. The summed E-state index contributed by atoms with van der Waals surface area (Å²) in [6, 6.07) is 18.0. The van der Waals surface area contributed by atoms with Crippen LogP contribution >= 0.6 is 11.6 Å². The van der Waals surface area contributed by atoms with Crippen molar-refractivity contribution in [1.29, 1.82) is 0 Å². The zero-order valence-corrected chi connectivity index (χ0v) is 15.3. The van der Waals surface area contributed by atoms with E-state index in [1.54, 1.807) is 45.9 Å². The maximum Gasteiger partial charge on any atom is 0.258 e. The van der Waals surface area contributed by atoms with E-state index in [9.17, 15) is 4.79 Å². The van der Waals surface area contributed by atoms with Crippen LogP contribution in [0.5, 0.6) is 11.5 Å². The molecule has 0 saturated heterocycles. The van der Waals surface area contributed by atoms with Gasteiger partial charge in [0.15, 0.2) is 0 Å². The van der Waals surface area contributed by atoms with Crippen LogP contribution in [0.2, 0.25) is 5.02 Å². The maximum absolute atomic E-state index is 12.7. The van der Waals surface area contributed by atoms with Crippen LogP contribution in [-0.2, 0) is 7.05 Å². The van der Waals surface area contributed by atoms with E-state index >= 15 is 0 Å². The third kappa shape index (κ3) is 3.64. The minimum Gasteiger partial charge on any atom is -0.456 e. The molecule has 5 nitrogen and oxygen atoms in total. The SMILES string of the molecule is Cn1cc(-c2cn(-c3ccc(Cl)cc3)c(=O)cc2Oc2ccccc2)cn1. The highest BCUT2D eigenvalue weighted by Crippen LogP contribution is 2.32. The third-order valence-electron chi connectivity index (χ3n) is 4.11. The third-order valence-corrected chi connectivity index (χ3v) is 4.36. The van der Waals surface area contributed by atoms with Crippen molar-refractivity contribution < 1.29 is 4.74 Å². The number of nitrogens with zero attached hydrogens (tertiary/aromatic N) is 3. The summed E-state index contributed by atoms with van der Waals surface area (Å²) in [5.74, 6) is 1.13. The van der Waals surface area contributed by atoms with Crippen molar-refractivity contribution in [1.82, 2.24) is 14.3 Å². The van der Waals surface area contributed by atoms with E-state index in [0.29, 0.717) is 16.5 Å². The second-order valence-corrected chi connectivity index (χ2v) is 6.49. The van der Waals surface area contributed by atoms with Gasteiger partial charge in [-0.1, -0.05) is 29.8 Å². The first-order valence-electron chi connectivity index (χ1n) is 8.35. The van der Waals surface area contributed by atoms with Gasteiger partial charge in [-0.3, -0.25) is 14.0 Å². The van der Waals surface area contributed by atoms with Gasteiger partial charge in [-0.2, -0.15) is 5.10 Å². The van der Waals surface area contributed by atoms with Crippen molar-refractivity contribution in [2.75, 3.05) is 0 Å². The molecular weight excluding hydrogens is 362 g/mol. The van der Waals surface area contributed by atoms with Gasteiger partial charge in [0.2, 0.25) is 0 Å². The number of hydrogen-bond donors (Lipinski definition) is 0. The number of ether oxygens (including phenoxy) is 1. The normalized spacial score (nSPS) is 10.7. The molecule has 0 amide bonds. The van der Waals surface area contributed by atoms with Gasteiger partial charge in [0, 0.05) is 47.3 Å². The Balaban J connectivity index is 1.87. The molecule has 2 heterocycles. The van der Waals surface area contributed by atoms with Gasteiger partial charge < -0.3 is 4.74 Å². The highest BCUT2D eigenvalue weighted by Gasteiger charge is 2.14. The molecule has 0 atom stereocenters. The van der Waals surface area contributed by atoms with E-state index < -0.39 is 0 Å². The van der Waals surface area contributed by atoms with Crippen molar-refractivity contribution in [2.24, 2.45) is 7.05 Å². The molecule has 27 heavy (non-hydrogen) atoms. The Morgan fingerprint density at radius 2 is 1.74 bits per heavy atom. The minimum absolute atomic E-state index is 0.198. The van der Waals surface area contributed by atoms with Gasteiger partial charge >= 0.3 is 0 Å². The predicted octanol–water partition coefficient (Wildman–Crippen LogP) is 4.68. The van der Waals surface area contributed by atoms with Gasteiger partial charge in [0.25, 0.3) is 5.56 Å². The van der Waals surface area contributed by atoms with Gasteiger partial charge in [0.1, 0.15) is 11.5 Å². The Kier molecular flexibility index (Phi) is 4.52. The van der Waals surface area contributed by atoms with Crippen molar-refractivity contribution >= 4 is 11.6 Å². The molecule has 0 saturated carbocycles. The Bertz CT molecular complexity index is 1130. The van der Waals surface area contributed by atoms with E-state index in [1.165, 1.54) is 6.07 Å². The number of pyridine rings is 1. The highest BCUT2D eigenvalue weighted by atomic mass is 35.5. The minimum atomic E-state index is -0.198. The van der Waals surface area contributed by atoms with E-state index in [0.717, 1.165) is 16.8 Å². The van der Waals surface area contributed by atoms with Gasteiger partial charge in [0.05, 0.1) is 6.20 Å². The number of aryl methyl sites for hydroxylation is 1. The largest absolute Gasteiger partial charge is 0.456 e. The molecule has 4 aromatic rings. The summed E-state index contributed by atoms with van der Waals surface area (Å²) < 4.78 is 9.27. The molecule has 0 aliphatic rings. The topological polar surface area (TPSA) is 49.0 Å². The van der Waals surface area contributed by atoms with Gasteiger partial charge in [-0.05, 0) is 36.4 Å². The first kappa shape index (κ1) is 17.1. The molecule has 2 aromatic heterocycles. The molecule has 0 aliphatic heterocycles. The van der Waals surface area contributed by atoms with Gasteiger partial charge in [-0.25, -0.2) is 0 Å². The van der Waals surface area contributed by atoms with E-state index in [2.05, 4.69) is 5.10 Å². The first-order chi connectivity index (χ1) is 13.1. The standard InChI is InChI=1S/C21H16ClN3O2/c1-24-13-15(12-23-24)19-14-25(17-9-7-16(22)8-10-17)21(26)11-20(19)27-18-5-3-2-4-6-18/h2-14H,1H3. The van der Waals surface area contributed by atoms with Crippen molar-refractivity contribution in [3.05, 3.63) is 94.6 Å². The smallest absolute Gasteiger partial charge is 0.258 e. The molecular formula is C21H16ClN3O2.